The second-order valence-electron chi connectivity index (χ2n) is 4.66. The summed E-state index contributed by atoms with van der Waals surface area (Å²) in [6.45, 7) is 6.88. The van der Waals surface area contributed by atoms with E-state index in [2.05, 4.69) is 19.2 Å². The van der Waals surface area contributed by atoms with Gasteiger partial charge in [0.15, 0.2) is 0 Å². The van der Waals surface area contributed by atoms with E-state index in [0.29, 0.717) is 5.92 Å². The van der Waals surface area contributed by atoms with E-state index >= 15 is 0 Å². The maximum Gasteiger partial charge on any atom is 0.389 e. The van der Waals surface area contributed by atoms with E-state index in [-0.39, 0.29) is 12.5 Å². The third-order valence-electron chi connectivity index (χ3n) is 3.09. The van der Waals surface area contributed by atoms with Gasteiger partial charge in [-0.15, -0.1) is 0 Å². The quantitative estimate of drug-likeness (QED) is 0.637. The molecule has 0 saturated carbocycles. The van der Waals surface area contributed by atoms with Crippen LogP contribution in [0.1, 0.15) is 59.3 Å². The average molecular weight is 253 g/mol. The highest BCUT2D eigenvalue weighted by molar-refractivity contribution is 4.77. The number of halogens is 3. The molecule has 0 heterocycles. The third-order valence-corrected chi connectivity index (χ3v) is 3.09. The Balaban J connectivity index is 4.33. The molecule has 0 aromatic heterocycles. The van der Waals surface area contributed by atoms with Crippen molar-refractivity contribution in [3.05, 3.63) is 0 Å². The molecular weight excluding hydrogens is 227 g/mol. The van der Waals surface area contributed by atoms with E-state index in [1.165, 1.54) is 0 Å². The summed E-state index contributed by atoms with van der Waals surface area (Å²) < 4.78 is 36.8. The van der Waals surface area contributed by atoms with Crippen LogP contribution in [0.15, 0.2) is 0 Å². The molecule has 1 N–H and O–H groups in total. The van der Waals surface area contributed by atoms with E-state index in [0.717, 1.165) is 32.2 Å². The summed E-state index contributed by atoms with van der Waals surface area (Å²) in [6, 6.07) is 0.0153. The minimum atomic E-state index is -4.03. The predicted octanol–water partition coefficient (Wildman–Crippen LogP) is 4.52. The highest BCUT2D eigenvalue weighted by Crippen LogP contribution is 2.27. The van der Waals surface area contributed by atoms with Crippen molar-refractivity contribution in [1.29, 1.82) is 0 Å². The standard InChI is InChI=1S/C13H26F3N/c1-4-7-11(8-5-2)12(17-6-3)9-10-13(14,15)16/h11-12,17H,4-10H2,1-3H3. The summed E-state index contributed by atoms with van der Waals surface area (Å²) in [5, 5.41) is 3.22. The Morgan fingerprint density at radius 2 is 1.47 bits per heavy atom. The first-order chi connectivity index (χ1) is 7.94. The Morgan fingerprint density at radius 3 is 1.82 bits per heavy atom. The zero-order valence-corrected chi connectivity index (χ0v) is 11.2. The largest absolute Gasteiger partial charge is 0.389 e. The Labute approximate surface area is 103 Å². The van der Waals surface area contributed by atoms with Crippen molar-refractivity contribution in [2.24, 2.45) is 5.92 Å². The van der Waals surface area contributed by atoms with E-state index in [9.17, 15) is 13.2 Å². The summed E-state index contributed by atoms with van der Waals surface area (Å²) in [5.41, 5.74) is 0. The second-order valence-corrected chi connectivity index (χ2v) is 4.66. The molecule has 0 spiro atoms. The number of hydrogen-bond acceptors (Lipinski definition) is 1. The molecule has 0 radical (unpaired) electrons. The molecule has 1 atom stereocenters. The molecule has 0 fully saturated rings. The van der Waals surface area contributed by atoms with E-state index in [4.69, 9.17) is 0 Å². The molecule has 0 bridgehead atoms. The topological polar surface area (TPSA) is 12.0 Å². The van der Waals surface area contributed by atoms with Gasteiger partial charge in [0.1, 0.15) is 0 Å². The SMILES string of the molecule is CCCC(CCC)C(CCC(F)(F)F)NCC. The molecule has 4 heteroatoms. The monoisotopic (exact) mass is 253 g/mol. The highest BCUT2D eigenvalue weighted by atomic mass is 19.4. The van der Waals surface area contributed by atoms with Crippen LogP contribution >= 0.6 is 0 Å². The average Bonchev–Trinajstić information content (AvgIpc) is 2.23. The van der Waals surface area contributed by atoms with E-state index in [1.54, 1.807) is 0 Å². The lowest BCUT2D eigenvalue weighted by atomic mass is 9.87. The number of rotatable bonds is 9. The molecule has 0 aliphatic heterocycles. The van der Waals surface area contributed by atoms with Gasteiger partial charge in [-0.25, -0.2) is 0 Å². The molecule has 0 aromatic carbocycles. The first-order valence-electron chi connectivity index (χ1n) is 6.74. The van der Waals surface area contributed by atoms with Crippen molar-refractivity contribution >= 4 is 0 Å². The number of nitrogens with one attached hydrogen (secondary N) is 1. The molecule has 1 unspecified atom stereocenters. The van der Waals surface area contributed by atoms with Crippen molar-refractivity contribution in [2.45, 2.75) is 71.5 Å². The molecule has 1 nitrogen and oxygen atoms in total. The highest BCUT2D eigenvalue weighted by Gasteiger charge is 2.30. The molecule has 0 rings (SSSR count). The smallest absolute Gasteiger partial charge is 0.314 e. The molecule has 17 heavy (non-hydrogen) atoms. The maximum atomic E-state index is 12.3. The Bertz CT molecular complexity index is 174. The Morgan fingerprint density at radius 1 is 0.941 bits per heavy atom. The van der Waals surface area contributed by atoms with Crippen LogP contribution in [0, 0.1) is 5.92 Å². The van der Waals surface area contributed by atoms with Gasteiger partial charge in [-0.3, -0.25) is 0 Å². The molecule has 0 aliphatic carbocycles. The van der Waals surface area contributed by atoms with Crippen LogP contribution in [0.3, 0.4) is 0 Å². The zero-order chi connectivity index (χ0) is 13.3. The van der Waals surface area contributed by atoms with Gasteiger partial charge in [0.05, 0.1) is 0 Å². The number of hydrogen-bond donors (Lipinski definition) is 1. The lowest BCUT2D eigenvalue weighted by molar-refractivity contribution is -0.137. The molecule has 0 aromatic rings. The number of alkyl halides is 3. The predicted molar refractivity (Wildman–Crippen MR) is 66.1 cm³/mol. The molecule has 0 amide bonds. The van der Waals surface area contributed by atoms with Crippen LogP contribution in [0.25, 0.3) is 0 Å². The van der Waals surface area contributed by atoms with Gasteiger partial charge in [-0.05, 0) is 31.7 Å². The zero-order valence-electron chi connectivity index (χ0n) is 11.2. The Hall–Kier alpha value is -0.250. The van der Waals surface area contributed by atoms with Gasteiger partial charge in [0.25, 0.3) is 0 Å². The summed E-state index contributed by atoms with van der Waals surface area (Å²) in [7, 11) is 0. The first kappa shape index (κ1) is 16.8. The second kappa shape index (κ2) is 8.78. The van der Waals surface area contributed by atoms with Crippen molar-refractivity contribution in [2.75, 3.05) is 6.54 Å². The minimum absolute atomic E-state index is 0.0153. The Kier molecular flexibility index (Phi) is 8.66. The molecular formula is C13H26F3N. The lowest BCUT2D eigenvalue weighted by Gasteiger charge is -2.28. The van der Waals surface area contributed by atoms with Crippen molar-refractivity contribution in [1.82, 2.24) is 5.32 Å². The van der Waals surface area contributed by atoms with Crippen molar-refractivity contribution in [3.8, 4) is 0 Å². The van der Waals surface area contributed by atoms with Gasteiger partial charge in [-0.1, -0.05) is 33.6 Å². The van der Waals surface area contributed by atoms with Crippen LogP contribution in [0.2, 0.25) is 0 Å². The van der Waals surface area contributed by atoms with Crippen LogP contribution in [0.5, 0.6) is 0 Å². The minimum Gasteiger partial charge on any atom is -0.314 e. The first-order valence-corrected chi connectivity index (χ1v) is 6.74. The van der Waals surface area contributed by atoms with Crippen molar-refractivity contribution in [3.63, 3.8) is 0 Å². The normalized spacial score (nSPS) is 14.3. The van der Waals surface area contributed by atoms with Gasteiger partial charge in [-0.2, -0.15) is 13.2 Å². The fourth-order valence-corrected chi connectivity index (χ4v) is 2.37. The third kappa shape index (κ3) is 8.47. The van der Waals surface area contributed by atoms with Gasteiger partial charge in [0.2, 0.25) is 0 Å². The van der Waals surface area contributed by atoms with Crippen LogP contribution in [0.4, 0.5) is 13.2 Å². The van der Waals surface area contributed by atoms with Gasteiger partial charge >= 0.3 is 6.18 Å². The molecule has 104 valence electrons. The maximum absolute atomic E-state index is 12.3. The summed E-state index contributed by atoms with van der Waals surface area (Å²) in [4.78, 5) is 0. The summed E-state index contributed by atoms with van der Waals surface area (Å²) >= 11 is 0. The van der Waals surface area contributed by atoms with Gasteiger partial charge in [0, 0.05) is 12.5 Å². The molecule has 0 aliphatic rings. The fourth-order valence-electron chi connectivity index (χ4n) is 2.37. The van der Waals surface area contributed by atoms with E-state index < -0.39 is 12.6 Å². The van der Waals surface area contributed by atoms with Crippen LogP contribution in [-0.2, 0) is 0 Å². The molecule has 0 saturated heterocycles. The fraction of sp³-hybridized carbons (Fsp3) is 1.00. The van der Waals surface area contributed by atoms with Crippen LogP contribution in [-0.4, -0.2) is 18.8 Å². The van der Waals surface area contributed by atoms with Crippen molar-refractivity contribution < 1.29 is 13.2 Å². The van der Waals surface area contributed by atoms with Crippen LogP contribution < -0.4 is 5.32 Å². The lowest BCUT2D eigenvalue weighted by Crippen LogP contribution is -2.37. The van der Waals surface area contributed by atoms with E-state index in [1.807, 2.05) is 6.92 Å². The van der Waals surface area contributed by atoms with Gasteiger partial charge < -0.3 is 5.32 Å². The summed E-state index contributed by atoms with van der Waals surface area (Å²) in [5.74, 6) is 0.382. The summed E-state index contributed by atoms with van der Waals surface area (Å²) in [6.07, 6.45) is -0.378.